The first-order valence-corrected chi connectivity index (χ1v) is 14.2. The van der Waals surface area contributed by atoms with E-state index in [9.17, 15) is 9.18 Å². The number of imidazole rings is 1. The fourth-order valence-electron chi connectivity index (χ4n) is 5.73. The number of piperidine rings is 1. The average molecular weight is 570 g/mol. The van der Waals surface area contributed by atoms with Gasteiger partial charge in [0, 0.05) is 30.3 Å². The number of rotatable bonds is 8. The van der Waals surface area contributed by atoms with Crippen molar-refractivity contribution in [1.82, 2.24) is 14.5 Å². The van der Waals surface area contributed by atoms with Crippen LogP contribution < -0.4 is 9.47 Å². The van der Waals surface area contributed by atoms with Crippen molar-refractivity contribution in [3.8, 4) is 11.5 Å². The van der Waals surface area contributed by atoms with Gasteiger partial charge >= 0.3 is 5.97 Å². The SMILES string of the molecule is CCOC(=O)c1cn(CC2CCO2)c(CN2CCC(c3cccc4c3OC(C)(c3ccc(Cl)cc3F)O4)CC2)n1. The van der Waals surface area contributed by atoms with Crippen molar-refractivity contribution < 1.29 is 28.1 Å². The molecular weight excluding hydrogens is 537 g/mol. The van der Waals surface area contributed by atoms with Gasteiger partial charge in [-0.3, -0.25) is 4.90 Å². The van der Waals surface area contributed by atoms with E-state index in [0.717, 1.165) is 50.3 Å². The lowest BCUT2D eigenvalue weighted by Crippen LogP contribution is -2.35. The minimum Gasteiger partial charge on any atom is -0.461 e. The van der Waals surface area contributed by atoms with Gasteiger partial charge in [-0.05, 0) is 69.5 Å². The van der Waals surface area contributed by atoms with E-state index in [1.807, 2.05) is 16.7 Å². The zero-order chi connectivity index (χ0) is 27.9. The van der Waals surface area contributed by atoms with Crippen molar-refractivity contribution >= 4 is 17.6 Å². The first-order chi connectivity index (χ1) is 19.3. The Balaban J connectivity index is 1.14. The van der Waals surface area contributed by atoms with Crippen molar-refractivity contribution in [3.05, 3.63) is 76.1 Å². The minimum atomic E-state index is -1.27. The van der Waals surface area contributed by atoms with E-state index < -0.39 is 17.6 Å². The Kier molecular flexibility index (Phi) is 7.46. The molecule has 0 aliphatic carbocycles. The number of esters is 1. The number of likely N-dealkylation sites (tertiary alicyclic amines) is 1. The molecule has 2 unspecified atom stereocenters. The molecule has 2 saturated heterocycles. The molecule has 2 aromatic carbocycles. The number of halogens is 2. The Morgan fingerprint density at radius 2 is 2.00 bits per heavy atom. The third kappa shape index (κ3) is 5.30. The second kappa shape index (κ2) is 11.0. The molecule has 0 spiro atoms. The maximum Gasteiger partial charge on any atom is 0.358 e. The number of hydrogen-bond acceptors (Lipinski definition) is 7. The van der Waals surface area contributed by atoms with E-state index in [1.54, 1.807) is 32.2 Å². The summed E-state index contributed by atoms with van der Waals surface area (Å²) in [5.41, 5.74) is 1.71. The number of para-hydroxylation sites is 1. The summed E-state index contributed by atoms with van der Waals surface area (Å²) in [5, 5.41) is 0.323. The molecule has 0 bridgehead atoms. The molecule has 3 aliphatic heterocycles. The Hall–Kier alpha value is -3.14. The zero-order valence-electron chi connectivity index (χ0n) is 22.7. The predicted molar refractivity (Wildman–Crippen MR) is 146 cm³/mol. The lowest BCUT2D eigenvalue weighted by molar-refractivity contribution is -0.0712. The summed E-state index contributed by atoms with van der Waals surface area (Å²) in [6.07, 6.45) is 4.79. The van der Waals surface area contributed by atoms with Crippen LogP contribution in [0.2, 0.25) is 5.02 Å². The molecule has 1 aromatic heterocycles. The number of fused-ring (bicyclic) bond motifs is 1. The van der Waals surface area contributed by atoms with E-state index in [2.05, 4.69) is 16.0 Å². The number of nitrogens with zero attached hydrogens (tertiary/aromatic N) is 3. The third-order valence-electron chi connectivity index (χ3n) is 7.96. The summed E-state index contributed by atoms with van der Waals surface area (Å²) in [7, 11) is 0. The molecular formula is C30H33ClFN3O5. The van der Waals surface area contributed by atoms with Crippen molar-refractivity contribution in [1.29, 1.82) is 0 Å². The van der Waals surface area contributed by atoms with Crippen molar-refractivity contribution in [2.24, 2.45) is 0 Å². The van der Waals surface area contributed by atoms with Crippen LogP contribution in [0.5, 0.6) is 11.5 Å². The number of carbonyl (C=O) groups is 1. The van der Waals surface area contributed by atoms with Crippen LogP contribution in [-0.2, 0) is 28.4 Å². The number of carbonyl (C=O) groups excluding carboxylic acids is 1. The van der Waals surface area contributed by atoms with Crippen molar-refractivity contribution in [2.75, 3.05) is 26.3 Å². The molecule has 212 valence electrons. The van der Waals surface area contributed by atoms with Crippen LogP contribution in [-0.4, -0.2) is 52.8 Å². The monoisotopic (exact) mass is 569 g/mol. The standard InChI is InChI=1S/C30H33ClFN3O5/c1-3-37-29(36)25-17-35(16-21-11-14-38-21)27(33-25)18-34-12-9-19(10-13-34)22-5-4-6-26-28(22)40-30(2,39-26)23-8-7-20(31)15-24(23)32/h4-8,15,17,19,21H,3,9-14,16,18H2,1-2H3. The van der Waals surface area contributed by atoms with Gasteiger partial charge in [0.2, 0.25) is 0 Å². The van der Waals surface area contributed by atoms with Crippen LogP contribution in [0.3, 0.4) is 0 Å². The highest BCUT2D eigenvalue weighted by molar-refractivity contribution is 6.30. The lowest BCUT2D eigenvalue weighted by Gasteiger charge is -2.33. The van der Waals surface area contributed by atoms with Gasteiger partial charge in [0.05, 0.1) is 31.4 Å². The topological polar surface area (TPSA) is 75.1 Å². The van der Waals surface area contributed by atoms with E-state index in [1.165, 1.54) is 6.07 Å². The minimum absolute atomic E-state index is 0.156. The van der Waals surface area contributed by atoms with E-state index in [-0.39, 0.29) is 12.0 Å². The highest BCUT2D eigenvalue weighted by Gasteiger charge is 2.43. The molecule has 0 saturated carbocycles. The van der Waals surface area contributed by atoms with Crippen LogP contribution >= 0.6 is 11.6 Å². The normalized spacial score (nSPS) is 22.8. The molecule has 4 heterocycles. The second-order valence-corrected chi connectivity index (χ2v) is 11.1. The van der Waals surface area contributed by atoms with Crippen LogP contribution in [0.25, 0.3) is 0 Å². The third-order valence-corrected chi connectivity index (χ3v) is 8.20. The molecule has 10 heteroatoms. The van der Waals surface area contributed by atoms with Gasteiger partial charge in [-0.1, -0.05) is 23.7 Å². The smallest absolute Gasteiger partial charge is 0.358 e. The molecule has 0 amide bonds. The number of hydrogen-bond donors (Lipinski definition) is 0. The van der Waals surface area contributed by atoms with Crippen LogP contribution in [0.1, 0.15) is 66.5 Å². The van der Waals surface area contributed by atoms with Gasteiger partial charge in [0.1, 0.15) is 11.6 Å². The maximum atomic E-state index is 14.8. The molecule has 0 radical (unpaired) electrons. The Morgan fingerprint density at radius 3 is 2.70 bits per heavy atom. The van der Waals surface area contributed by atoms with Crippen molar-refractivity contribution in [2.45, 2.75) is 64.0 Å². The van der Waals surface area contributed by atoms with Gasteiger partial charge < -0.3 is 23.5 Å². The molecule has 40 heavy (non-hydrogen) atoms. The summed E-state index contributed by atoms with van der Waals surface area (Å²) in [6, 6.07) is 10.4. The van der Waals surface area contributed by atoms with Crippen LogP contribution in [0.15, 0.2) is 42.6 Å². The first-order valence-electron chi connectivity index (χ1n) is 13.9. The van der Waals surface area contributed by atoms with Crippen molar-refractivity contribution in [3.63, 3.8) is 0 Å². The lowest BCUT2D eigenvalue weighted by atomic mass is 9.88. The fourth-order valence-corrected chi connectivity index (χ4v) is 5.89. The maximum absolute atomic E-state index is 14.8. The molecule has 3 aromatic rings. The van der Waals surface area contributed by atoms with E-state index in [4.69, 9.17) is 30.5 Å². The first kappa shape index (κ1) is 27.1. The highest BCUT2D eigenvalue weighted by atomic mass is 35.5. The molecule has 6 rings (SSSR count). The zero-order valence-corrected chi connectivity index (χ0v) is 23.5. The van der Waals surface area contributed by atoms with Gasteiger partial charge in [0.25, 0.3) is 5.79 Å². The summed E-state index contributed by atoms with van der Waals surface area (Å²) < 4.78 is 40.1. The number of ether oxygens (including phenoxy) is 4. The van der Waals surface area contributed by atoms with Gasteiger partial charge in [-0.25, -0.2) is 14.2 Å². The molecule has 2 atom stereocenters. The summed E-state index contributed by atoms with van der Waals surface area (Å²) in [4.78, 5) is 19.3. The van der Waals surface area contributed by atoms with Gasteiger partial charge in [0.15, 0.2) is 17.2 Å². The Labute approximate surface area is 237 Å². The summed E-state index contributed by atoms with van der Waals surface area (Å²) in [6.45, 7) is 7.65. The molecule has 2 fully saturated rings. The van der Waals surface area contributed by atoms with Crippen LogP contribution in [0.4, 0.5) is 4.39 Å². The fraction of sp³-hybridized carbons (Fsp3) is 0.467. The van der Waals surface area contributed by atoms with Gasteiger partial charge in [-0.15, -0.1) is 0 Å². The predicted octanol–water partition coefficient (Wildman–Crippen LogP) is 5.66. The second-order valence-electron chi connectivity index (χ2n) is 10.7. The largest absolute Gasteiger partial charge is 0.461 e. The summed E-state index contributed by atoms with van der Waals surface area (Å²) >= 11 is 5.96. The average Bonchev–Trinajstić information content (AvgIpc) is 3.47. The van der Waals surface area contributed by atoms with Gasteiger partial charge in [-0.2, -0.15) is 0 Å². The molecule has 8 nitrogen and oxygen atoms in total. The van der Waals surface area contributed by atoms with Crippen LogP contribution in [0, 0.1) is 5.82 Å². The summed E-state index contributed by atoms with van der Waals surface area (Å²) in [5.74, 6) is 0.260. The quantitative estimate of drug-likeness (QED) is 0.324. The van der Waals surface area contributed by atoms with E-state index >= 15 is 0 Å². The Bertz CT molecular complexity index is 1400. The Morgan fingerprint density at radius 1 is 1.20 bits per heavy atom. The number of aromatic nitrogens is 2. The molecule has 0 N–H and O–H groups in total. The van der Waals surface area contributed by atoms with E-state index in [0.29, 0.717) is 47.5 Å². The highest BCUT2D eigenvalue weighted by Crippen LogP contribution is 2.49. The molecule has 3 aliphatic rings. The number of benzene rings is 2.